The average Bonchev–Trinajstić information content (AvgIpc) is 2.94. The highest BCUT2D eigenvalue weighted by atomic mass is 35.5. The minimum absolute atomic E-state index is 0.0948. The smallest absolute Gasteiger partial charge is 0.322 e. The molecule has 2 fully saturated rings. The molecule has 29 heavy (non-hydrogen) atoms. The number of methoxy groups -OCH3 is 1. The van der Waals surface area contributed by atoms with Crippen LogP contribution in [0, 0.1) is 12.7 Å². The molecule has 1 unspecified atom stereocenters. The lowest BCUT2D eigenvalue weighted by atomic mass is 9.76. The van der Waals surface area contributed by atoms with Crippen molar-refractivity contribution in [2.45, 2.75) is 50.2 Å². The number of Topliss-reactive ketones (excluding diaryl/α,β-unsaturated/α-hetero) is 1. The monoisotopic (exact) mass is 416 g/mol. The zero-order valence-electron chi connectivity index (χ0n) is 16.3. The van der Waals surface area contributed by atoms with Crippen LogP contribution in [-0.2, 0) is 19.1 Å². The Bertz CT molecular complexity index is 962. The lowest BCUT2D eigenvalue weighted by molar-refractivity contribution is -0.157. The molecule has 0 amide bonds. The Balaban J connectivity index is 1.66. The van der Waals surface area contributed by atoms with Gasteiger partial charge in [0, 0.05) is 17.7 Å². The molecule has 4 rings (SSSR count). The van der Waals surface area contributed by atoms with Crippen molar-refractivity contribution in [3.8, 4) is 11.1 Å². The third-order valence-corrected chi connectivity index (χ3v) is 6.45. The van der Waals surface area contributed by atoms with Crippen molar-refractivity contribution in [1.29, 1.82) is 0 Å². The molecule has 0 N–H and O–H groups in total. The molecule has 2 aromatic carbocycles. The van der Waals surface area contributed by atoms with Crippen LogP contribution >= 0.6 is 11.6 Å². The molecule has 152 valence electrons. The number of esters is 1. The summed E-state index contributed by atoms with van der Waals surface area (Å²) in [6.07, 6.45) is 2.43. The standard InChI is InChI=1S/C23H22ClFO4/c1-13-11-18(14-3-5-15(25)6-4-14)19(24)12-17(13)20-21(26)23(29-22(20)27)9-7-16(28-2)8-10-23/h3-6,11-12,16,20H,7-10H2,1-2H3. The molecule has 1 spiro atoms. The van der Waals surface area contributed by atoms with Crippen molar-refractivity contribution in [3.05, 3.63) is 58.4 Å². The third kappa shape index (κ3) is 3.47. The summed E-state index contributed by atoms with van der Waals surface area (Å²) < 4.78 is 24.3. The summed E-state index contributed by atoms with van der Waals surface area (Å²) in [5.41, 5.74) is 1.78. The minimum atomic E-state index is -1.05. The van der Waals surface area contributed by atoms with Gasteiger partial charge in [-0.25, -0.2) is 4.39 Å². The molecule has 0 aromatic heterocycles. The third-order valence-electron chi connectivity index (χ3n) is 6.14. The van der Waals surface area contributed by atoms with Crippen LogP contribution in [0.1, 0.15) is 42.7 Å². The molecular weight excluding hydrogens is 395 g/mol. The maximum Gasteiger partial charge on any atom is 0.322 e. The molecule has 1 heterocycles. The van der Waals surface area contributed by atoms with Gasteiger partial charge in [-0.1, -0.05) is 23.7 Å². The predicted octanol–water partition coefficient (Wildman–Crippen LogP) is 4.99. The van der Waals surface area contributed by atoms with Crippen LogP contribution < -0.4 is 0 Å². The summed E-state index contributed by atoms with van der Waals surface area (Å²) in [7, 11) is 1.65. The second-order valence-corrected chi connectivity index (χ2v) is 8.25. The van der Waals surface area contributed by atoms with E-state index in [2.05, 4.69) is 0 Å². The van der Waals surface area contributed by atoms with Crippen molar-refractivity contribution in [3.63, 3.8) is 0 Å². The largest absolute Gasteiger partial charge is 0.450 e. The Hall–Kier alpha value is -2.24. The molecule has 1 atom stereocenters. The number of rotatable bonds is 3. The van der Waals surface area contributed by atoms with Crippen LogP contribution in [0.15, 0.2) is 36.4 Å². The molecule has 2 aromatic rings. The van der Waals surface area contributed by atoms with E-state index in [0.29, 0.717) is 36.3 Å². The Morgan fingerprint density at radius 1 is 1.14 bits per heavy atom. The molecule has 2 aliphatic rings. The van der Waals surface area contributed by atoms with Crippen molar-refractivity contribution >= 4 is 23.4 Å². The van der Waals surface area contributed by atoms with Gasteiger partial charge in [0.15, 0.2) is 11.4 Å². The first-order valence-corrected chi connectivity index (χ1v) is 10.1. The van der Waals surface area contributed by atoms with Gasteiger partial charge in [-0.15, -0.1) is 0 Å². The van der Waals surface area contributed by atoms with Gasteiger partial charge >= 0.3 is 5.97 Å². The van der Waals surface area contributed by atoms with Gasteiger partial charge in [0.05, 0.1) is 6.10 Å². The fourth-order valence-corrected chi connectivity index (χ4v) is 4.72. The number of hydrogen-bond acceptors (Lipinski definition) is 4. The zero-order valence-corrected chi connectivity index (χ0v) is 17.1. The SMILES string of the molecule is COC1CCC2(CC1)OC(=O)C(c1cc(Cl)c(-c3ccc(F)cc3)cc1C)C2=O. The Kier molecular flexibility index (Phi) is 5.21. The minimum Gasteiger partial charge on any atom is -0.450 e. The number of carbonyl (C=O) groups is 2. The van der Waals surface area contributed by atoms with Crippen molar-refractivity contribution in [1.82, 2.24) is 0 Å². The second kappa shape index (κ2) is 7.54. The van der Waals surface area contributed by atoms with E-state index in [0.717, 1.165) is 16.7 Å². The number of carbonyl (C=O) groups excluding carboxylic acids is 2. The van der Waals surface area contributed by atoms with E-state index < -0.39 is 17.5 Å². The Morgan fingerprint density at radius 3 is 2.41 bits per heavy atom. The van der Waals surface area contributed by atoms with Crippen LogP contribution in [0.5, 0.6) is 0 Å². The first-order valence-electron chi connectivity index (χ1n) is 9.70. The van der Waals surface area contributed by atoms with Crippen LogP contribution in [0.3, 0.4) is 0 Å². The topological polar surface area (TPSA) is 52.6 Å². The maximum atomic E-state index is 13.3. The van der Waals surface area contributed by atoms with E-state index in [1.54, 1.807) is 25.3 Å². The molecule has 0 bridgehead atoms. The van der Waals surface area contributed by atoms with Crippen molar-refractivity contribution in [2.75, 3.05) is 7.11 Å². The lowest BCUT2D eigenvalue weighted by Gasteiger charge is -2.33. The van der Waals surface area contributed by atoms with Gasteiger partial charge in [0.2, 0.25) is 0 Å². The van der Waals surface area contributed by atoms with Crippen LogP contribution in [0.25, 0.3) is 11.1 Å². The van der Waals surface area contributed by atoms with E-state index in [1.807, 2.05) is 13.0 Å². The number of ether oxygens (including phenoxy) is 2. The first-order chi connectivity index (χ1) is 13.8. The molecular formula is C23H22ClFO4. The molecule has 0 radical (unpaired) electrons. The van der Waals surface area contributed by atoms with Gasteiger partial charge in [-0.2, -0.15) is 0 Å². The van der Waals surface area contributed by atoms with E-state index in [9.17, 15) is 14.0 Å². The van der Waals surface area contributed by atoms with Gasteiger partial charge in [0.25, 0.3) is 0 Å². The fourth-order valence-electron chi connectivity index (χ4n) is 4.44. The summed E-state index contributed by atoms with van der Waals surface area (Å²) >= 11 is 6.49. The zero-order chi connectivity index (χ0) is 20.8. The molecule has 4 nitrogen and oxygen atoms in total. The molecule has 6 heteroatoms. The Morgan fingerprint density at radius 2 is 1.79 bits per heavy atom. The summed E-state index contributed by atoms with van der Waals surface area (Å²) in [4.78, 5) is 26.0. The summed E-state index contributed by atoms with van der Waals surface area (Å²) in [5.74, 6) is -2.00. The molecule has 1 saturated carbocycles. The fraction of sp³-hybridized carbons (Fsp3) is 0.391. The van der Waals surface area contributed by atoms with Crippen LogP contribution in [0.4, 0.5) is 4.39 Å². The molecule has 1 aliphatic heterocycles. The van der Waals surface area contributed by atoms with E-state index in [-0.39, 0.29) is 17.7 Å². The average molecular weight is 417 g/mol. The summed E-state index contributed by atoms with van der Waals surface area (Å²) in [6.45, 7) is 1.84. The second-order valence-electron chi connectivity index (χ2n) is 7.84. The van der Waals surface area contributed by atoms with Gasteiger partial charge in [-0.05, 0) is 73.6 Å². The van der Waals surface area contributed by atoms with Gasteiger partial charge < -0.3 is 9.47 Å². The Labute approximate surface area is 174 Å². The van der Waals surface area contributed by atoms with E-state index in [4.69, 9.17) is 21.1 Å². The van der Waals surface area contributed by atoms with Crippen molar-refractivity contribution in [2.24, 2.45) is 0 Å². The number of halogens is 2. The van der Waals surface area contributed by atoms with E-state index in [1.165, 1.54) is 12.1 Å². The highest BCUT2D eigenvalue weighted by Gasteiger charge is 2.56. The van der Waals surface area contributed by atoms with Gasteiger partial charge in [0.1, 0.15) is 11.7 Å². The molecule has 1 aliphatic carbocycles. The number of hydrogen-bond donors (Lipinski definition) is 0. The van der Waals surface area contributed by atoms with Crippen LogP contribution in [0.2, 0.25) is 5.02 Å². The predicted molar refractivity (Wildman–Crippen MR) is 107 cm³/mol. The number of aryl methyl sites for hydroxylation is 1. The van der Waals surface area contributed by atoms with E-state index >= 15 is 0 Å². The summed E-state index contributed by atoms with van der Waals surface area (Å²) in [5, 5.41) is 0.404. The highest BCUT2D eigenvalue weighted by molar-refractivity contribution is 6.33. The summed E-state index contributed by atoms with van der Waals surface area (Å²) in [6, 6.07) is 9.53. The normalized spacial score (nSPS) is 26.8. The highest BCUT2D eigenvalue weighted by Crippen LogP contribution is 2.45. The lowest BCUT2D eigenvalue weighted by Crippen LogP contribution is -2.42. The van der Waals surface area contributed by atoms with Crippen LogP contribution in [-0.4, -0.2) is 30.6 Å². The first kappa shape index (κ1) is 20.0. The quantitative estimate of drug-likeness (QED) is 0.522. The molecule has 1 saturated heterocycles. The maximum absolute atomic E-state index is 13.3. The number of ketones is 1. The number of benzene rings is 2. The van der Waals surface area contributed by atoms with Gasteiger partial charge in [-0.3, -0.25) is 9.59 Å². The van der Waals surface area contributed by atoms with Crippen molar-refractivity contribution < 1.29 is 23.5 Å².